The minimum absolute atomic E-state index is 0.114. The summed E-state index contributed by atoms with van der Waals surface area (Å²) in [5, 5.41) is 18.7. The molecule has 0 radical (unpaired) electrons. The molecule has 0 fully saturated rings. The number of benzene rings is 1. The van der Waals surface area contributed by atoms with Gasteiger partial charge in [-0.25, -0.2) is 18.1 Å². The summed E-state index contributed by atoms with van der Waals surface area (Å²) in [6, 6.07) is 4.09. The number of pyridine rings is 1. The number of rotatable bonds is 5. The Balaban J connectivity index is 2.59. The molecule has 0 saturated heterocycles. The number of aliphatic hydroxyl groups excluding tert-OH is 1. The fourth-order valence-corrected chi connectivity index (χ4v) is 3.09. The Morgan fingerprint density at radius 2 is 2.04 bits per heavy atom. The molecule has 1 heterocycles. The van der Waals surface area contributed by atoms with Gasteiger partial charge in [0.1, 0.15) is 0 Å². The fourth-order valence-electron chi connectivity index (χ4n) is 1.82. The smallest absolute Gasteiger partial charge is 0.240 e. The van der Waals surface area contributed by atoms with E-state index in [1.807, 2.05) is 4.72 Å². The lowest BCUT2D eigenvalue weighted by atomic mass is 10.1. The molecule has 0 spiro atoms. The molecular formula is C12H14ClN5O4S. The topological polar surface area (TPSA) is 164 Å². The van der Waals surface area contributed by atoms with Crippen LogP contribution in [0, 0.1) is 0 Å². The molecule has 2 rings (SSSR count). The third-order valence-corrected chi connectivity index (χ3v) is 4.51. The lowest BCUT2D eigenvalue weighted by molar-refractivity contribution is -0.0335. The summed E-state index contributed by atoms with van der Waals surface area (Å²) in [5.74, 6) is -0.125. The number of halogens is 1. The van der Waals surface area contributed by atoms with Gasteiger partial charge >= 0.3 is 0 Å². The Kier molecular flexibility index (Phi) is 5.02. The average molecular weight is 360 g/mol. The van der Waals surface area contributed by atoms with Crippen LogP contribution in [0.1, 0.15) is 0 Å². The Bertz CT molecular complexity index is 865. The van der Waals surface area contributed by atoms with Gasteiger partial charge in [-0.2, -0.15) is 4.99 Å². The molecule has 0 aliphatic rings. The third kappa shape index (κ3) is 4.06. The van der Waals surface area contributed by atoms with E-state index in [4.69, 9.17) is 33.3 Å². The average Bonchev–Trinajstić information content (AvgIpc) is 2.47. The largest absolute Gasteiger partial charge is 0.370 e. The van der Waals surface area contributed by atoms with Crippen LogP contribution in [0.15, 0.2) is 34.3 Å². The number of nitrogens with two attached hydrogens (primary N) is 2. The first-order valence-corrected chi connectivity index (χ1v) is 8.10. The van der Waals surface area contributed by atoms with Gasteiger partial charge < -0.3 is 21.7 Å². The summed E-state index contributed by atoms with van der Waals surface area (Å²) in [6.45, 7) is -0.547. The quantitative estimate of drug-likeness (QED) is 0.269. The molecule has 0 amide bonds. The van der Waals surface area contributed by atoms with Crippen molar-refractivity contribution in [2.24, 2.45) is 16.5 Å². The second-order valence-corrected chi connectivity index (χ2v) is 6.68. The number of sulfonamides is 1. The van der Waals surface area contributed by atoms with Crippen molar-refractivity contribution < 1.29 is 18.6 Å². The Morgan fingerprint density at radius 1 is 1.35 bits per heavy atom. The van der Waals surface area contributed by atoms with E-state index in [1.165, 1.54) is 24.4 Å². The Labute approximate surface area is 136 Å². The van der Waals surface area contributed by atoms with Gasteiger partial charge in [-0.1, -0.05) is 17.7 Å². The van der Waals surface area contributed by atoms with E-state index in [0.717, 1.165) is 0 Å². The van der Waals surface area contributed by atoms with Gasteiger partial charge in [0.15, 0.2) is 18.1 Å². The van der Waals surface area contributed by atoms with Crippen LogP contribution < -0.4 is 16.2 Å². The molecular weight excluding hydrogens is 346 g/mol. The first-order valence-electron chi connectivity index (χ1n) is 6.24. The van der Waals surface area contributed by atoms with Gasteiger partial charge in [0, 0.05) is 17.0 Å². The van der Waals surface area contributed by atoms with E-state index >= 15 is 0 Å². The molecule has 1 aromatic heterocycles. The predicted octanol–water partition coefficient (Wildman–Crippen LogP) is -0.618. The molecule has 7 N–H and O–H groups in total. The van der Waals surface area contributed by atoms with E-state index in [9.17, 15) is 8.42 Å². The minimum atomic E-state index is -3.96. The number of hydrogen-bond donors (Lipinski definition) is 5. The molecule has 124 valence electrons. The van der Waals surface area contributed by atoms with Gasteiger partial charge in [0.25, 0.3) is 0 Å². The monoisotopic (exact) mass is 359 g/mol. The molecule has 0 atom stereocenters. The molecule has 11 heteroatoms. The zero-order valence-corrected chi connectivity index (χ0v) is 13.2. The van der Waals surface area contributed by atoms with E-state index in [1.54, 1.807) is 0 Å². The first kappa shape index (κ1) is 17.4. The highest BCUT2D eigenvalue weighted by Crippen LogP contribution is 2.31. The third-order valence-electron chi connectivity index (χ3n) is 2.79. The lowest BCUT2D eigenvalue weighted by Gasteiger charge is -2.10. The van der Waals surface area contributed by atoms with E-state index in [2.05, 4.69) is 9.98 Å². The molecule has 0 unspecified atom stereocenters. The van der Waals surface area contributed by atoms with Crippen LogP contribution in [0.25, 0.3) is 10.8 Å². The fraction of sp³-hybridized carbons (Fsp3) is 0.167. The van der Waals surface area contributed by atoms with Crippen LogP contribution in [0.2, 0.25) is 5.02 Å². The van der Waals surface area contributed by atoms with Gasteiger partial charge in [-0.3, -0.25) is 0 Å². The number of nitrogens with zero attached hydrogens (tertiary/aromatic N) is 2. The Morgan fingerprint density at radius 3 is 2.65 bits per heavy atom. The van der Waals surface area contributed by atoms with Crippen LogP contribution in [-0.2, 0) is 10.0 Å². The van der Waals surface area contributed by atoms with E-state index in [0.29, 0.717) is 15.8 Å². The normalized spacial score (nSPS) is 11.8. The van der Waals surface area contributed by atoms with Crippen LogP contribution in [0.3, 0.4) is 0 Å². The van der Waals surface area contributed by atoms with Crippen molar-refractivity contribution in [2.45, 2.75) is 11.2 Å². The highest BCUT2D eigenvalue weighted by molar-refractivity contribution is 7.89. The second-order valence-electron chi connectivity index (χ2n) is 4.51. The van der Waals surface area contributed by atoms with Crippen LogP contribution in [0.4, 0.5) is 5.82 Å². The van der Waals surface area contributed by atoms with Crippen molar-refractivity contribution in [1.82, 2.24) is 9.71 Å². The maximum atomic E-state index is 12.1. The molecule has 0 saturated carbocycles. The maximum absolute atomic E-state index is 12.1. The van der Waals surface area contributed by atoms with E-state index in [-0.39, 0.29) is 16.7 Å². The van der Waals surface area contributed by atoms with Crippen molar-refractivity contribution in [3.63, 3.8) is 0 Å². The number of aromatic nitrogens is 1. The maximum Gasteiger partial charge on any atom is 0.240 e. The van der Waals surface area contributed by atoms with Crippen molar-refractivity contribution in [3.8, 4) is 0 Å². The van der Waals surface area contributed by atoms with E-state index < -0.39 is 22.9 Å². The molecule has 0 bridgehead atoms. The van der Waals surface area contributed by atoms with Crippen molar-refractivity contribution in [1.29, 1.82) is 0 Å². The summed E-state index contributed by atoms with van der Waals surface area (Å²) in [5.41, 5.74) is 10.7. The van der Waals surface area contributed by atoms with Gasteiger partial charge in [0.05, 0.1) is 16.5 Å². The van der Waals surface area contributed by atoms with Crippen LogP contribution in [0.5, 0.6) is 0 Å². The number of hydrogen-bond acceptors (Lipinski definition) is 6. The zero-order valence-electron chi connectivity index (χ0n) is 11.6. The summed E-state index contributed by atoms with van der Waals surface area (Å²) in [7, 11) is -3.96. The number of aliphatic hydroxyl groups is 2. The van der Waals surface area contributed by atoms with Gasteiger partial charge in [0.2, 0.25) is 10.0 Å². The van der Waals surface area contributed by atoms with Crippen LogP contribution in [-0.4, -0.2) is 42.4 Å². The standard InChI is InChI=1S/C12H14ClN5O4S/c13-9-4-16-11(18-12(14)15)8-3-6(1-2-7(8)9)23(21,22)17-5-10(19)20/h1-4,10,17,19-20H,5H2,(H4,14,15,16,18). The molecule has 1 aromatic carbocycles. The van der Waals surface area contributed by atoms with Crippen LogP contribution >= 0.6 is 11.6 Å². The lowest BCUT2D eigenvalue weighted by Crippen LogP contribution is -2.31. The number of fused-ring (bicyclic) bond motifs is 1. The number of guanidine groups is 1. The summed E-state index contributed by atoms with van der Waals surface area (Å²) < 4.78 is 26.3. The zero-order chi connectivity index (χ0) is 17.2. The number of nitrogens with one attached hydrogen (secondary N) is 1. The van der Waals surface area contributed by atoms with Crippen molar-refractivity contribution >= 4 is 44.2 Å². The molecule has 23 heavy (non-hydrogen) atoms. The molecule has 0 aliphatic heterocycles. The SMILES string of the molecule is NC(N)=Nc1ncc(Cl)c2ccc(S(=O)(=O)NCC(O)O)cc12. The first-order chi connectivity index (χ1) is 10.7. The second kappa shape index (κ2) is 6.64. The predicted molar refractivity (Wildman–Crippen MR) is 85.6 cm³/mol. The highest BCUT2D eigenvalue weighted by atomic mass is 35.5. The minimum Gasteiger partial charge on any atom is -0.370 e. The number of aliphatic imine (C=N–C) groups is 1. The summed E-state index contributed by atoms with van der Waals surface area (Å²) in [6.07, 6.45) is -0.459. The van der Waals surface area contributed by atoms with Gasteiger partial charge in [-0.05, 0) is 12.1 Å². The highest BCUT2D eigenvalue weighted by Gasteiger charge is 2.17. The van der Waals surface area contributed by atoms with Crippen molar-refractivity contribution in [3.05, 3.63) is 29.4 Å². The van der Waals surface area contributed by atoms with Gasteiger partial charge in [-0.15, -0.1) is 0 Å². The van der Waals surface area contributed by atoms with Crippen molar-refractivity contribution in [2.75, 3.05) is 6.54 Å². The molecule has 9 nitrogen and oxygen atoms in total. The Hall–Kier alpha value is -1.98. The molecule has 0 aliphatic carbocycles. The molecule has 2 aromatic rings. The summed E-state index contributed by atoms with van der Waals surface area (Å²) >= 11 is 6.03. The summed E-state index contributed by atoms with van der Waals surface area (Å²) in [4.78, 5) is 7.68.